The molecule has 1 saturated carbocycles. The normalized spacial score (nSPS) is 20.9. The number of aliphatic carboxylic acids is 1. The first-order chi connectivity index (χ1) is 15.9. The molecule has 0 aromatic heterocycles. The number of amides is 2. The van der Waals surface area contributed by atoms with E-state index < -0.39 is 17.8 Å². The van der Waals surface area contributed by atoms with Gasteiger partial charge < -0.3 is 25.0 Å². The second kappa shape index (κ2) is 10.0. The van der Waals surface area contributed by atoms with Gasteiger partial charge in [0.25, 0.3) is 5.91 Å². The second-order valence-electron chi connectivity index (χ2n) is 8.61. The number of carboxylic acids is 1. The molecule has 2 atom stereocenters. The number of para-hydroxylation sites is 1. The van der Waals surface area contributed by atoms with E-state index in [1.54, 1.807) is 41.3 Å². The lowest BCUT2D eigenvalue weighted by Gasteiger charge is -2.36. The Morgan fingerprint density at radius 3 is 2.18 bits per heavy atom. The Morgan fingerprint density at radius 1 is 0.879 bits per heavy atom. The maximum Gasteiger partial charge on any atom is 0.256 e. The van der Waals surface area contributed by atoms with Gasteiger partial charge in [-0.3, -0.25) is 9.59 Å². The summed E-state index contributed by atoms with van der Waals surface area (Å²) in [6, 6.07) is 13.1. The van der Waals surface area contributed by atoms with Crippen molar-refractivity contribution in [2.24, 2.45) is 11.8 Å². The standard InChI is InChI=1S/C25H28FN3O4/c26-17-9-11-18(12-10-17)28-13-15-29(16-14-28)24(31)21-7-3-4-8-22(21)27-23(30)19-5-1-2-6-20(19)25(32)33/h3-4,7-12,19-20H,1-2,5-6,13-16H2,(H,27,30)(H,32,33)/p-1/t19-,20+/m1/s1. The lowest BCUT2D eigenvalue weighted by molar-refractivity contribution is -0.313. The molecule has 1 heterocycles. The third-order valence-electron chi connectivity index (χ3n) is 6.58. The number of hydrogen-bond donors (Lipinski definition) is 1. The molecule has 0 spiro atoms. The molecule has 7 nitrogen and oxygen atoms in total. The van der Waals surface area contributed by atoms with E-state index in [-0.39, 0.29) is 17.6 Å². The quantitative estimate of drug-likeness (QED) is 0.752. The summed E-state index contributed by atoms with van der Waals surface area (Å²) in [5, 5.41) is 14.3. The number of hydrogen-bond acceptors (Lipinski definition) is 5. The van der Waals surface area contributed by atoms with Crippen molar-refractivity contribution in [2.45, 2.75) is 25.7 Å². The summed E-state index contributed by atoms with van der Waals surface area (Å²) in [5.41, 5.74) is 1.67. The molecule has 1 N–H and O–H groups in total. The topological polar surface area (TPSA) is 92.8 Å². The summed E-state index contributed by atoms with van der Waals surface area (Å²) in [6.07, 6.45) is 2.48. The van der Waals surface area contributed by atoms with Crippen LogP contribution in [-0.4, -0.2) is 48.9 Å². The van der Waals surface area contributed by atoms with Gasteiger partial charge >= 0.3 is 0 Å². The monoisotopic (exact) mass is 452 g/mol. The average molecular weight is 453 g/mol. The van der Waals surface area contributed by atoms with Crippen molar-refractivity contribution in [3.8, 4) is 0 Å². The van der Waals surface area contributed by atoms with Crippen LogP contribution in [0, 0.1) is 17.7 Å². The number of nitrogens with zero attached hydrogens (tertiary/aromatic N) is 2. The lowest BCUT2D eigenvalue weighted by atomic mass is 9.78. The van der Waals surface area contributed by atoms with Crippen LogP contribution in [-0.2, 0) is 9.59 Å². The van der Waals surface area contributed by atoms with Gasteiger partial charge in [-0.15, -0.1) is 0 Å². The van der Waals surface area contributed by atoms with E-state index in [9.17, 15) is 23.9 Å². The lowest BCUT2D eigenvalue weighted by Crippen LogP contribution is -2.49. The summed E-state index contributed by atoms with van der Waals surface area (Å²) in [7, 11) is 0. The van der Waals surface area contributed by atoms with Crippen LogP contribution in [0.4, 0.5) is 15.8 Å². The molecule has 2 aromatic carbocycles. The summed E-state index contributed by atoms with van der Waals surface area (Å²) in [6.45, 7) is 2.21. The van der Waals surface area contributed by atoms with Gasteiger partial charge in [0.1, 0.15) is 5.82 Å². The van der Waals surface area contributed by atoms with Crippen molar-refractivity contribution < 1.29 is 23.9 Å². The highest BCUT2D eigenvalue weighted by Crippen LogP contribution is 2.31. The fourth-order valence-electron chi connectivity index (χ4n) is 4.72. The summed E-state index contributed by atoms with van der Waals surface area (Å²) >= 11 is 0. The summed E-state index contributed by atoms with van der Waals surface area (Å²) in [4.78, 5) is 41.4. The van der Waals surface area contributed by atoms with Gasteiger partial charge in [0.15, 0.2) is 0 Å². The minimum atomic E-state index is -1.20. The number of carboxylic acid groups (broad SMARTS) is 1. The molecule has 0 radical (unpaired) electrons. The maximum atomic E-state index is 13.2. The molecule has 1 aliphatic heterocycles. The van der Waals surface area contributed by atoms with Crippen LogP contribution in [0.25, 0.3) is 0 Å². The van der Waals surface area contributed by atoms with Crippen LogP contribution in [0.3, 0.4) is 0 Å². The van der Waals surface area contributed by atoms with Gasteiger partial charge in [-0.05, 0) is 49.2 Å². The van der Waals surface area contributed by atoms with E-state index in [4.69, 9.17) is 0 Å². The van der Waals surface area contributed by atoms with Crippen LogP contribution >= 0.6 is 0 Å². The third-order valence-corrected chi connectivity index (χ3v) is 6.58. The Hall–Kier alpha value is -3.42. The van der Waals surface area contributed by atoms with Crippen LogP contribution in [0.15, 0.2) is 48.5 Å². The highest BCUT2D eigenvalue weighted by atomic mass is 19.1. The van der Waals surface area contributed by atoms with Crippen molar-refractivity contribution in [3.05, 3.63) is 59.9 Å². The Balaban J connectivity index is 1.43. The Kier molecular flexibility index (Phi) is 6.91. The molecule has 2 fully saturated rings. The maximum absolute atomic E-state index is 13.2. The van der Waals surface area contributed by atoms with E-state index in [1.165, 1.54) is 12.1 Å². The number of halogens is 1. The van der Waals surface area contributed by atoms with Crippen molar-refractivity contribution in [2.75, 3.05) is 36.4 Å². The van der Waals surface area contributed by atoms with Gasteiger partial charge in [-0.25, -0.2) is 4.39 Å². The molecular formula is C25H27FN3O4-. The van der Waals surface area contributed by atoms with Crippen molar-refractivity contribution >= 4 is 29.2 Å². The largest absolute Gasteiger partial charge is 0.550 e. The van der Waals surface area contributed by atoms with Gasteiger partial charge in [0.2, 0.25) is 5.91 Å². The van der Waals surface area contributed by atoms with E-state index >= 15 is 0 Å². The van der Waals surface area contributed by atoms with Crippen LogP contribution in [0.2, 0.25) is 0 Å². The van der Waals surface area contributed by atoms with Gasteiger partial charge in [0.05, 0.1) is 11.3 Å². The van der Waals surface area contributed by atoms with Crippen molar-refractivity contribution in [1.29, 1.82) is 0 Å². The van der Waals surface area contributed by atoms with Gasteiger partial charge in [-0.2, -0.15) is 0 Å². The molecule has 8 heteroatoms. The van der Waals surface area contributed by atoms with E-state index in [1.807, 2.05) is 0 Å². The summed E-state index contributed by atoms with van der Waals surface area (Å²) < 4.78 is 13.2. The van der Waals surface area contributed by atoms with E-state index in [0.29, 0.717) is 50.3 Å². The summed E-state index contributed by atoms with van der Waals surface area (Å²) in [5.74, 6) is -3.52. The van der Waals surface area contributed by atoms with E-state index in [0.717, 1.165) is 18.5 Å². The molecule has 174 valence electrons. The Morgan fingerprint density at radius 2 is 1.52 bits per heavy atom. The number of nitrogens with one attached hydrogen (secondary N) is 1. The van der Waals surface area contributed by atoms with E-state index in [2.05, 4.69) is 10.2 Å². The number of benzene rings is 2. The predicted octanol–water partition coefficient (Wildman–Crippen LogP) is 2.28. The number of anilines is 2. The Bertz CT molecular complexity index is 1020. The minimum absolute atomic E-state index is 0.190. The van der Waals surface area contributed by atoms with Crippen LogP contribution in [0.1, 0.15) is 36.0 Å². The number of rotatable bonds is 5. The molecule has 2 aliphatic rings. The first kappa shape index (κ1) is 22.8. The second-order valence-corrected chi connectivity index (χ2v) is 8.61. The molecule has 2 aromatic rings. The zero-order valence-corrected chi connectivity index (χ0v) is 18.3. The minimum Gasteiger partial charge on any atom is -0.550 e. The number of carbonyl (C=O) groups is 3. The molecule has 4 rings (SSSR count). The van der Waals surface area contributed by atoms with Gasteiger partial charge in [0, 0.05) is 49.7 Å². The molecule has 33 heavy (non-hydrogen) atoms. The van der Waals surface area contributed by atoms with Gasteiger partial charge in [-0.1, -0.05) is 25.0 Å². The molecular weight excluding hydrogens is 425 g/mol. The number of piperazine rings is 1. The number of carbonyl (C=O) groups excluding carboxylic acids is 3. The van der Waals surface area contributed by atoms with Crippen molar-refractivity contribution in [3.63, 3.8) is 0 Å². The highest BCUT2D eigenvalue weighted by Gasteiger charge is 2.32. The Labute approximate surface area is 192 Å². The smallest absolute Gasteiger partial charge is 0.256 e. The zero-order valence-electron chi connectivity index (χ0n) is 18.3. The SMILES string of the molecule is O=C([O-])[C@H]1CCCC[C@H]1C(=O)Nc1ccccc1C(=O)N1CCN(c2ccc(F)cc2)CC1. The molecule has 1 aliphatic carbocycles. The zero-order chi connectivity index (χ0) is 23.4. The van der Waals surface area contributed by atoms with Crippen molar-refractivity contribution in [1.82, 2.24) is 4.90 Å². The third kappa shape index (κ3) is 5.16. The fraction of sp³-hybridized carbons (Fsp3) is 0.400. The highest BCUT2D eigenvalue weighted by molar-refractivity contribution is 6.04. The first-order valence-corrected chi connectivity index (χ1v) is 11.3. The van der Waals surface area contributed by atoms with Crippen LogP contribution in [0.5, 0.6) is 0 Å². The fourth-order valence-corrected chi connectivity index (χ4v) is 4.72. The predicted molar refractivity (Wildman–Crippen MR) is 120 cm³/mol. The average Bonchev–Trinajstić information content (AvgIpc) is 2.84. The molecule has 1 saturated heterocycles. The molecule has 0 bridgehead atoms. The molecule has 2 amide bonds. The molecule has 0 unspecified atom stereocenters. The van der Waals surface area contributed by atoms with Crippen LogP contribution < -0.4 is 15.3 Å². The first-order valence-electron chi connectivity index (χ1n) is 11.3.